The number of carboxylic acid groups (broad SMARTS) is 1. The Morgan fingerprint density at radius 3 is 2.39 bits per heavy atom. The fourth-order valence-electron chi connectivity index (χ4n) is 9.52. The van der Waals surface area contributed by atoms with Gasteiger partial charge in [0.2, 0.25) is 0 Å². The number of aliphatic hydroxyl groups is 3. The predicted octanol–water partition coefficient (Wildman–Crippen LogP) is 4.87. The molecule has 0 aliphatic heterocycles. The van der Waals surface area contributed by atoms with E-state index in [2.05, 4.69) is 20.8 Å². The molecule has 0 bridgehead atoms. The Morgan fingerprint density at radius 2 is 1.70 bits per heavy atom. The van der Waals surface area contributed by atoms with Crippen molar-refractivity contribution < 1.29 is 25.2 Å². The summed E-state index contributed by atoms with van der Waals surface area (Å²) in [5.74, 6) is 1.79. The first-order chi connectivity index (χ1) is 15.5. The first-order valence-corrected chi connectivity index (χ1v) is 13.7. The van der Waals surface area contributed by atoms with E-state index in [1.165, 1.54) is 0 Å². The zero-order chi connectivity index (χ0) is 24.1. The van der Waals surface area contributed by atoms with Crippen LogP contribution in [-0.2, 0) is 4.79 Å². The van der Waals surface area contributed by atoms with Crippen LogP contribution in [-0.4, -0.2) is 44.7 Å². The van der Waals surface area contributed by atoms with Crippen LogP contribution in [0.5, 0.6) is 0 Å². The molecule has 4 saturated carbocycles. The van der Waals surface area contributed by atoms with Crippen LogP contribution in [0.3, 0.4) is 0 Å². The summed E-state index contributed by atoms with van der Waals surface area (Å²) >= 11 is 0. The Morgan fingerprint density at radius 1 is 0.970 bits per heavy atom. The van der Waals surface area contributed by atoms with E-state index in [1.54, 1.807) is 0 Å². The smallest absolute Gasteiger partial charge is 0.303 e. The summed E-state index contributed by atoms with van der Waals surface area (Å²) < 4.78 is 0. The maximum atomic E-state index is 11.7. The zero-order valence-corrected chi connectivity index (χ0v) is 21.2. The zero-order valence-electron chi connectivity index (χ0n) is 21.2. The van der Waals surface area contributed by atoms with Gasteiger partial charge in [0, 0.05) is 6.42 Å². The van der Waals surface area contributed by atoms with Gasteiger partial charge in [0.25, 0.3) is 0 Å². The Kier molecular flexibility index (Phi) is 7.27. The number of fused-ring (bicyclic) bond motifs is 5. The van der Waals surface area contributed by atoms with Crippen molar-refractivity contribution in [3.8, 4) is 0 Å². The van der Waals surface area contributed by atoms with Crippen LogP contribution >= 0.6 is 0 Å². The van der Waals surface area contributed by atoms with Gasteiger partial charge >= 0.3 is 5.97 Å². The highest BCUT2D eigenvalue weighted by atomic mass is 16.4. The minimum absolute atomic E-state index is 0.120. The molecular weight excluding hydrogens is 416 g/mol. The molecular formula is C28H48O5. The summed E-state index contributed by atoms with van der Waals surface area (Å²) in [7, 11) is 0. The summed E-state index contributed by atoms with van der Waals surface area (Å²) in [6.45, 7) is 9.05. The maximum Gasteiger partial charge on any atom is 0.303 e. The Balaban J connectivity index is 1.47. The van der Waals surface area contributed by atoms with Crippen molar-refractivity contribution in [3.05, 3.63) is 0 Å². The highest BCUT2D eigenvalue weighted by molar-refractivity contribution is 5.66. The molecule has 0 aromatic carbocycles. The number of hydrogen-bond acceptors (Lipinski definition) is 4. The normalized spacial score (nSPS) is 48.9. The predicted molar refractivity (Wildman–Crippen MR) is 128 cm³/mol. The standard InChI is InChI=1S/C28H48O5/c1-16(12-25(32)33)6-5-7-17(2)20-8-9-21-26-22(15-24(31)28(20,21)4)27(3)11-10-19(29)13-18(27)14-23(26)30/h16-24,26,29-31H,5-15H2,1-4H3,(H,32,33)/t16?,17-,18?,19?,20-,21+,22+,23?,24?,26+,27+,28-/m1/s1. The van der Waals surface area contributed by atoms with Crippen LogP contribution in [0.2, 0.25) is 0 Å². The van der Waals surface area contributed by atoms with E-state index < -0.39 is 5.97 Å². The quantitative estimate of drug-likeness (QED) is 0.431. The third-order valence-corrected chi connectivity index (χ3v) is 11.4. The van der Waals surface area contributed by atoms with Crippen molar-refractivity contribution >= 4 is 5.97 Å². The van der Waals surface area contributed by atoms with Gasteiger partial charge < -0.3 is 20.4 Å². The molecule has 33 heavy (non-hydrogen) atoms. The van der Waals surface area contributed by atoms with E-state index in [-0.39, 0.29) is 47.4 Å². The Bertz CT molecular complexity index is 710. The molecule has 190 valence electrons. The number of aliphatic hydroxyl groups excluding tert-OH is 3. The molecule has 4 aliphatic carbocycles. The lowest BCUT2D eigenvalue weighted by Crippen LogP contribution is -2.62. The van der Waals surface area contributed by atoms with Crippen LogP contribution in [0.4, 0.5) is 0 Å². The second-order valence-electron chi connectivity index (χ2n) is 13.1. The molecule has 12 atom stereocenters. The summed E-state index contributed by atoms with van der Waals surface area (Å²) in [6.07, 6.45) is 8.90. The molecule has 4 fully saturated rings. The largest absolute Gasteiger partial charge is 0.481 e. The number of carboxylic acids is 1. The second-order valence-corrected chi connectivity index (χ2v) is 13.1. The van der Waals surface area contributed by atoms with Gasteiger partial charge in [-0.2, -0.15) is 0 Å². The lowest BCUT2D eigenvalue weighted by molar-refractivity contribution is -0.207. The van der Waals surface area contributed by atoms with Crippen LogP contribution < -0.4 is 0 Å². The molecule has 5 nitrogen and oxygen atoms in total. The van der Waals surface area contributed by atoms with Gasteiger partial charge in [-0.15, -0.1) is 0 Å². The number of aliphatic carboxylic acids is 1. The molecule has 4 aliphatic rings. The summed E-state index contributed by atoms with van der Waals surface area (Å²) in [4.78, 5) is 11.0. The molecule has 0 heterocycles. The average molecular weight is 465 g/mol. The van der Waals surface area contributed by atoms with Gasteiger partial charge in [-0.3, -0.25) is 4.79 Å². The van der Waals surface area contributed by atoms with Crippen molar-refractivity contribution in [3.63, 3.8) is 0 Å². The van der Waals surface area contributed by atoms with E-state index in [4.69, 9.17) is 5.11 Å². The number of carbonyl (C=O) groups is 1. The fourth-order valence-corrected chi connectivity index (χ4v) is 9.52. The van der Waals surface area contributed by atoms with Crippen LogP contribution in [0, 0.1) is 52.3 Å². The van der Waals surface area contributed by atoms with Crippen molar-refractivity contribution in [2.75, 3.05) is 0 Å². The maximum absolute atomic E-state index is 11.7. The average Bonchev–Trinajstić information content (AvgIpc) is 3.08. The van der Waals surface area contributed by atoms with Gasteiger partial charge in [-0.25, -0.2) is 0 Å². The lowest BCUT2D eigenvalue weighted by atomic mass is 9.43. The van der Waals surface area contributed by atoms with Crippen molar-refractivity contribution in [1.82, 2.24) is 0 Å². The molecule has 5 heteroatoms. The minimum Gasteiger partial charge on any atom is -0.481 e. The third-order valence-electron chi connectivity index (χ3n) is 11.4. The topological polar surface area (TPSA) is 98.0 Å². The van der Waals surface area contributed by atoms with Gasteiger partial charge in [0.15, 0.2) is 0 Å². The van der Waals surface area contributed by atoms with Gasteiger partial charge in [-0.1, -0.05) is 47.0 Å². The van der Waals surface area contributed by atoms with Gasteiger partial charge in [0.1, 0.15) is 0 Å². The van der Waals surface area contributed by atoms with E-state index in [0.29, 0.717) is 29.6 Å². The number of hydrogen-bond donors (Lipinski definition) is 4. The second kappa shape index (κ2) is 9.43. The molecule has 0 amide bonds. The van der Waals surface area contributed by atoms with Crippen LogP contribution in [0.1, 0.15) is 98.3 Å². The molecule has 4 N–H and O–H groups in total. The first kappa shape index (κ1) is 25.4. The molecule has 0 radical (unpaired) electrons. The molecule has 0 spiro atoms. The first-order valence-electron chi connectivity index (χ1n) is 13.7. The Hall–Kier alpha value is -0.650. The van der Waals surface area contributed by atoms with Gasteiger partial charge in [-0.05, 0) is 97.2 Å². The summed E-state index contributed by atoms with van der Waals surface area (Å²) in [5, 5.41) is 42.3. The van der Waals surface area contributed by atoms with E-state index in [9.17, 15) is 20.1 Å². The van der Waals surface area contributed by atoms with Crippen molar-refractivity contribution in [2.45, 2.75) is 117 Å². The lowest BCUT2D eigenvalue weighted by Gasteiger charge is -2.63. The van der Waals surface area contributed by atoms with Gasteiger partial charge in [0.05, 0.1) is 18.3 Å². The monoisotopic (exact) mass is 464 g/mol. The van der Waals surface area contributed by atoms with E-state index in [0.717, 1.165) is 64.2 Å². The highest BCUT2D eigenvalue weighted by Gasteiger charge is 2.65. The highest BCUT2D eigenvalue weighted by Crippen LogP contribution is 2.68. The van der Waals surface area contributed by atoms with Crippen molar-refractivity contribution in [2.24, 2.45) is 52.3 Å². The molecule has 4 rings (SSSR count). The number of rotatable bonds is 7. The van der Waals surface area contributed by atoms with E-state index >= 15 is 0 Å². The van der Waals surface area contributed by atoms with Crippen molar-refractivity contribution in [1.29, 1.82) is 0 Å². The minimum atomic E-state index is -0.712. The van der Waals surface area contributed by atoms with Crippen LogP contribution in [0.15, 0.2) is 0 Å². The fraction of sp³-hybridized carbons (Fsp3) is 0.964. The molecule has 0 aromatic rings. The Labute approximate surface area is 200 Å². The summed E-state index contributed by atoms with van der Waals surface area (Å²) in [6, 6.07) is 0. The summed E-state index contributed by atoms with van der Waals surface area (Å²) in [5.41, 5.74) is -0.0267. The molecule has 5 unspecified atom stereocenters. The molecule has 0 aromatic heterocycles. The SMILES string of the molecule is CC(CCC[C@@H](C)[C@H]1CC[C@H]2[C@@H]3C(O)CC4CC(O)CC[C@]4(C)[C@H]3CC(O)[C@]12C)CC(=O)O. The molecule has 0 saturated heterocycles. The van der Waals surface area contributed by atoms with E-state index in [1.807, 2.05) is 6.92 Å². The third kappa shape index (κ3) is 4.40. The van der Waals surface area contributed by atoms with Crippen LogP contribution in [0.25, 0.3) is 0 Å².